The molecule has 31 heavy (non-hydrogen) atoms. The Morgan fingerprint density at radius 1 is 1.03 bits per heavy atom. The van der Waals surface area contributed by atoms with E-state index in [1.807, 2.05) is 0 Å². The molecule has 0 radical (unpaired) electrons. The van der Waals surface area contributed by atoms with Crippen molar-refractivity contribution >= 4 is 41.1 Å². The molecule has 9 heteroatoms. The molecular weight excluding hydrogens is 420 g/mol. The lowest BCUT2D eigenvalue weighted by Gasteiger charge is -2.19. The average molecular weight is 436 g/mol. The fourth-order valence-electron chi connectivity index (χ4n) is 3.18. The zero-order valence-electron chi connectivity index (χ0n) is 16.5. The first-order valence-corrected chi connectivity index (χ1v) is 9.49. The van der Waals surface area contributed by atoms with Gasteiger partial charge in [-0.25, -0.2) is 4.79 Å². The van der Waals surface area contributed by atoms with Crippen molar-refractivity contribution in [1.29, 1.82) is 0 Å². The molecule has 1 amide bonds. The largest absolute Gasteiger partial charge is 0.493 e. The van der Waals surface area contributed by atoms with Crippen molar-refractivity contribution in [2.24, 2.45) is 0 Å². The first-order chi connectivity index (χ1) is 14.9. The standard InChI is InChI=1S/C22H16N2O6S/c1-28-17-8-7-12(10-18(17)29-2)9-15-20(26)23-22(31)24(15)11-14-19(25)13-5-3-4-6-16(13)30-21(14)27/h3-11H,1-2H3,(H,23,26,31). The number of rotatable bonds is 4. The highest BCUT2D eigenvalue weighted by Crippen LogP contribution is 2.31. The number of hydrogen-bond acceptors (Lipinski definition) is 7. The number of nitrogens with zero attached hydrogens (tertiary/aromatic N) is 1. The number of fused-ring (bicyclic) bond motifs is 1. The molecule has 2 aliphatic rings. The normalized spacial score (nSPS) is 18.2. The molecular formula is C22H16N2O6S. The minimum Gasteiger partial charge on any atom is -0.493 e. The van der Waals surface area contributed by atoms with E-state index in [-0.39, 0.29) is 27.7 Å². The molecule has 2 aromatic rings. The van der Waals surface area contributed by atoms with Crippen LogP contribution in [0.3, 0.4) is 0 Å². The minimum absolute atomic E-state index is 0.0312. The summed E-state index contributed by atoms with van der Waals surface area (Å²) in [6.45, 7) is 0. The molecule has 2 heterocycles. The number of carbonyl (C=O) groups is 3. The van der Waals surface area contributed by atoms with Gasteiger partial charge in [0.2, 0.25) is 5.78 Å². The van der Waals surface area contributed by atoms with Gasteiger partial charge in [-0.1, -0.05) is 18.2 Å². The summed E-state index contributed by atoms with van der Waals surface area (Å²) in [5.74, 6) is -0.618. The third-order valence-corrected chi connectivity index (χ3v) is 5.00. The summed E-state index contributed by atoms with van der Waals surface area (Å²) >= 11 is 5.22. The summed E-state index contributed by atoms with van der Waals surface area (Å²) in [6, 6.07) is 11.5. The first kappa shape index (κ1) is 20.3. The second kappa shape index (κ2) is 8.04. The lowest BCUT2D eigenvalue weighted by atomic mass is 10.0. The maximum absolute atomic E-state index is 12.8. The number of benzene rings is 2. The predicted molar refractivity (Wildman–Crippen MR) is 115 cm³/mol. The predicted octanol–water partition coefficient (Wildman–Crippen LogP) is 2.45. The Labute approximate surface area is 182 Å². The van der Waals surface area contributed by atoms with Gasteiger partial charge in [0, 0.05) is 6.20 Å². The van der Waals surface area contributed by atoms with E-state index in [9.17, 15) is 14.4 Å². The molecule has 0 unspecified atom stereocenters. The lowest BCUT2D eigenvalue weighted by molar-refractivity contribution is -0.130. The van der Waals surface area contributed by atoms with Crippen LogP contribution in [0.2, 0.25) is 0 Å². The molecule has 2 aliphatic heterocycles. The Morgan fingerprint density at radius 3 is 2.52 bits per heavy atom. The van der Waals surface area contributed by atoms with Gasteiger partial charge in [-0.2, -0.15) is 0 Å². The number of thiocarbonyl (C=S) groups is 1. The van der Waals surface area contributed by atoms with Gasteiger partial charge in [0.25, 0.3) is 5.91 Å². The zero-order valence-corrected chi connectivity index (χ0v) is 17.3. The molecule has 0 spiro atoms. The molecule has 0 atom stereocenters. The van der Waals surface area contributed by atoms with Crippen molar-refractivity contribution in [2.45, 2.75) is 0 Å². The van der Waals surface area contributed by atoms with Crippen LogP contribution in [0.5, 0.6) is 17.2 Å². The van der Waals surface area contributed by atoms with Crippen LogP contribution in [0.1, 0.15) is 15.9 Å². The molecule has 1 N–H and O–H groups in total. The van der Waals surface area contributed by atoms with Gasteiger partial charge in [0.15, 0.2) is 16.6 Å². The van der Waals surface area contributed by atoms with E-state index in [0.29, 0.717) is 17.1 Å². The van der Waals surface area contributed by atoms with E-state index in [2.05, 4.69) is 5.32 Å². The van der Waals surface area contributed by atoms with Gasteiger partial charge in [-0.15, -0.1) is 0 Å². The van der Waals surface area contributed by atoms with Gasteiger partial charge >= 0.3 is 5.97 Å². The number of esters is 1. The summed E-state index contributed by atoms with van der Waals surface area (Å²) in [5.41, 5.74) is 0.766. The molecule has 0 bridgehead atoms. The molecule has 4 rings (SSSR count). The van der Waals surface area contributed by atoms with Crippen molar-refractivity contribution in [2.75, 3.05) is 14.2 Å². The fraction of sp³-hybridized carbons (Fsp3) is 0.0909. The van der Waals surface area contributed by atoms with E-state index in [0.717, 1.165) is 0 Å². The third-order valence-electron chi connectivity index (χ3n) is 4.70. The third kappa shape index (κ3) is 3.66. The Morgan fingerprint density at radius 2 is 1.77 bits per heavy atom. The average Bonchev–Trinajstić information content (AvgIpc) is 3.03. The molecule has 0 aromatic heterocycles. The number of amides is 1. The zero-order chi connectivity index (χ0) is 22.1. The summed E-state index contributed by atoms with van der Waals surface area (Å²) in [4.78, 5) is 39.0. The van der Waals surface area contributed by atoms with E-state index < -0.39 is 17.7 Å². The van der Waals surface area contributed by atoms with E-state index in [4.69, 9.17) is 26.4 Å². The van der Waals surface area contributed by atoms with E-state index in [1.54, 1.807) is 42.5 Å². The maximum Gasteiger partial charge on any atom is 0.349 e. The van der Waals surface area contributed by atoms with Gasteiger partial charge in [0.05, 0.1) is 19.8 Å². The summed E-state index contributed by atoms with van der Waals surface area (Å²) in [5, 5.41) is 2.54. The van der Waals surface area contributed by atoms with Crippen LogP contribution in [0.15, 0.2) is 59.9 Å². The fourth-order valence-corrected chi connectivity index (χ4v) is 3.42. The highest BCUT2D eigenvalue weighted by molar-refractivity contribution is 7.80. The first-order valence-electron chi connectivity index (χ1n) is 9.09. The van der Waals surface area contributed by atoms with Crippen molar-refractivity contribution in [1.82, 2.24) is 10.2 Å². The number of hydrogen-bond donors (Lipinski definition) is 1. The Hall–Kier alpha value is -3.98. The molecule has 156 valence electrons. The smallest absolute Gasteiger partial charge is 0.349 e. The lowest BCUT2D eigenvalue weighted by Crippen LogP contribution is -2.29. The van der Waals surface area contributed by atoms with E-state index in [1.165, 1.54) is 31.4 Å². The minimum atomic E-state index is -0.823. The van der Waals surface area contributed by atoms with Crippen LogP contribution in [-0.2, 0) is 9.59 Å². The molecule has 1 fully saturated rings. The number of Topliss-reactive ketones (excluding diaryl/α,β-unsaturated/α-hetero) is 1. The number of methoxy groups -OCH3 is 2. The van der Waals surface area contributed by atoms with Crippen LogP contribution < -0.4 is 19.5 Å². The summed E-state index contributed by atoms with van der Waals surface area (Å²) < 4.78 is 15.7. The highest BCUT2D eigenvalue weighted by atomic mass is 32.1. The van der Waals surface area contributed by atoms with Crippen molar-refractivity contribution < 1.29 is 28.6 Å². The number of ether oxygens (including phenoxy) is 3. The van der Waals surface area contributed by atoms with Crippen molar-refractivity contribution in [3.63, 3.8) is 0 Å². The molecule has 1 saturated heterocycles. The summed E-state index contributed by atoms with van der Waals surface area (Å²) in [6.07, 6.45) is 2.77. The van der Waals surface area contributed by atoms with Crippen molar-refractivity contribution in [3.05, 3.63) is 71.1 Å². The van der Waals surface area contributed by atoms with Gasteiger partial charge < -0.3 is 14.2 Å². The quantitative estimate of drug-likeness (QED) is 0.257. The van der Waals surface area contributed by atoms with Crippen molar-refractivity contribution in [3.8, 4) is 17.2 Å². The summed E-state index contributed by atoms with van der Waals surface area (Å²) in [7, 11) is 3.02. The van der Waals surface area contributed by atoms with Crippen LogP contribution in [0.25, 0.3) is 6.08 Å². The highest BCUT2D eigenvalue weighted by Gasteiger charge is 2.35. The van der Waals surface area contributed by atoms with Crippen LogP contribution in [0, 0.1) is 0 Å². The number of para-hydroxylation sites is 1. The van der Waals surface area contributed by atoms with E-state index >= 15 is 0 Å². The second-order valence-corrected chi connectivity index (χ2v) is 6.92. The Kier molecular flexibility index (Phi) is 5.26. The molecule has 0 aliphatic carbocycles. The molecule has 8 nitrogen and oxygen atoms in total. The second-order valence-electron chi connectivity index (χ2n) is 6.53. The Bertz CT molecular complexity index is 1200. The topological polar surface area (TPSA) is 94.2 Å². The van der Waals surface area contributed by atoms with Gasteiger partial charge in [-0.3, -0.25) is 19.8 Å². The van der Waals surface area contributed by atoms with Gasteiger partial charge in [0.1, 0.15) is 17.0 Å². The van der Waals surface area contributed by atoms with Crippen LogP contribution in [-0.4, -0.2) is 41.9 Å². The molecule has 2 aromatic carbocycles. The van der Waals surface area contributed by atoms with Gasteiger partial charge in [-0.05, 0) is 48.1 Å². The SMILES string of the molecule is COc1ccc(C=C2C(=O)NC(=S)N2C=C2C(=O)Oc3ccccc3C2=O)cc1OC. The molecule has 0 saturated carbocycles. The monoisotopic (exact) mass is 436 g/mol. The Balaban J connectivity index is 1.74. The number of carbonyl (C=O) groups excluding carboxylic acids is 3. The van der Waals surface area contributed by atoms with Crippen LogP contribution >= 0.6 is 12.2 Å². The number of ketones is 1. The van der Waals surface area contributed by atoms with Crippen LogP contribution in [0.4, 0.5) is 0 Å². The number of nitrogens with one attached hydrogen (secondary N) is 1. The maximum atomic E-state index is 12.8.